The van der Waals surface area contributed by atoms with Crippen molar-refractivity contribution in [1.82, 2.24) is 4.57 Å². The van der Waals surface area contributed by atoms with Crippen molar-refractivity contribution in [3.63, 3.8) is 0 Å². The molecule has 1 aromatic carbocycles. The van der Waals surface area contributed by atoms with Crippen molar-refractivity contribution < 1.29 is 14.3 Å². The number of hydrogen-bond donors (Lipinski definition) is 1. The summed E-state index contributed by atoms with van der Waals surface area (Å²) in [5.41, 5.74) is 1.58. The molecule has 0 saturated heterocycles. The maximum Gasteiger partial charge on any atom is 0.194 e. The zero-order valence-corrected chi connectivity index (χ0v) is 9.35. The number of benzene rings is 1. The van der Waals surface area contributed by atoms with Crippen LogP contribution in [0.15, 0.2) is 36.5 Å². The number of carbonyl (C=O) groups excluding carboxylic acids is 1. The molecule has 1 aromatic heterocycles. The standard InChI is InChI=1S/C13H12FNO2/c1-15-7-10(6-12(15)8-16)13(17)9-2-4-11(14)5-3-9/h2-7,16H,8H2,1H3. The van der Waals surface area contributed by atoms with E-state index < -0.39 is 0 Å². The first-order valence-electron chi connectivity index (χ1n) is 5.18. The molecule has 0 atom stereocenters. The Morgan fingerprint density at radius 2 is 1.94 bits per heavy atom. The van der Waals surface area contributed by atoms with Gasteiger partial charge >= 0.3 is 0 Å². The summed E-state index contributed by atoms with van der Waals surface area (Å²) in [5.74, 6) is -0.550. The number of aliphatic hydroxyl groups is 1. The van der Waals surface area contributed by atoms with Gasteiger partial charge in [0, 0.05) is 30.1 Å². The molecule has 0 bridgehead atoms. The Morgan fingerprint density at radius 3 is 2.47 bits per heavy atom. The minimum absolute atomic E-state index is 0.118. The summed E-state index contributed by atoms with van der Waals surface area (Å²) in [6.45, 7) is -0.118. The van der Waals surface area contributed by atoms with E-state index in [0.717, 1.165) is 0 Å². The molecule has 0 fully saturated rings. The van der Waals surface area contributed by atoms with E-state index in [1.165, 1.54) is 24.3 Å². The zero-order chi connectivity index (χ0) is 12.4. The normalized spacial score (nSPS) is 10.5. The molecule has 0 radical (unpaired) electrons. The van der Waals surface area contributed by atoms with Crippen molar-refractivity contribution in [2.75, 3.05) is 0 Å². The number of aryl methyl sites for hydroxylation is 1. The molecule has 1 N–H and O–H groups in total. The summed E-state index contributed by atoms with van der Waals surface area (Å²) in [7, 11) is 1.76. The number of halogens is 1. The lowest BCUT2D eigenvalue weighted by atomic mass is 10.1. The number of nitrogens with zero attached hydrogens (tertiary/aromatic N) is 1. The maximum absolute atomic E-state index is 12.7. The van der Waals surface area contributed by atoms with Crippen LogP contribution >= 0.6 is 0 Å². The van der Waals surface area contributed by atoms with Gasteiger partial charge in [0.15, 0.2) is 5.78 Å². The van der Waals surface area contributed by atoms with Gasteiger partial charge in [-0.1, -0.05) is 0 Å². The fourth-order valence-corrected chi connectivity index (χ4v) is 1.66. The zero-order valence-electron chi connectivity index (χ0n) is 9.35. The van der Waals surface area contributed by atoms with Gasteiger partial charge in [0.05, 0.1) is 6.61 Å². The maximum atomic E-state index is 12.7. The molecule has 1 heterocycles. The van der Waals surface area contributed by atoms with Crippen LogP contribution in [0.1, 0.15) is 21.6 Å². The Hall–Kier alpha value is -1.94. The van der Waals surface area contributed by atoms with Crippen molar-refractivity contribution in [2.45, 2.75) is 6.61 Å². The van der Waals surface area contributed by atoms with E-state index in [-0.39, 0.29) is 18.2 Å². The fourth-order valence-electron chi connectivity index (χ4n) is 1.66. The highest BCUT2D eigenvalue weighted by atomic mass is 19.1. The minimum Gasteiger partial charge on any atom is -0.390 e. The molecule has 0 spiro atoms. The van der Waals surface area contributed by atoms with E-state index in [4.69, 9.17) is 5.11 Å². The van der Waals surface area contributed by atoms with E-state index in [1.54, 1.807) is 23.9 Å². The third kappa shape index (κ3) is 2.26. The van der Waals surface area contributed by atoms with Crippen LogP contribution in [0, 0.1) is 5.82 Å². The molecule has 88 valence electrons. The summed E-state index contributed by atoms with van der Waals surface area (Å²) < 4.78 is 14.4. The van der Waals surface area contributed by atoms with Gasteiger partial charge in [-0.2, -0.15) is 0 Å². The minimum atomic E-state index is -0.370. The van der Waals surface area contributed by atoms with Gasteiger partial charge in [-0.05, 0) is 30.3 Å². The Balaban J connectivity index is 2.33. The average molecular weight is 233 g/mol. The predicted octanol–water partition coefficient (Wildman–Crippen LogP) is 1.89. The first-order valence-corrected chi connectivity index (χ1v) is 5.18. The second kappa shape index (κ2) is 4.51. The highest BCUT2D eigenvalue weighted by molar-refractivity contribution is 6.09. The molecule has 0 aliphatic heterocycles. The number of ketones is 1. The lowest BCUT2D eigenvalue weighted by molar-refractivity contribution is 0.103. The van der Waals surface area contributed by atoms with Gasteiger partial charge in [-0.15, -0.1) is 0 Å². The third-order valence-corrected chi connectivity index (χ3v) is 2.64. The van der Waals surface area contributed by atoms with Crippen molar-refractivity contribution in [3.05, 3.63) is 59.2 Å². The number of aromatic nitrogens is 1. The lowest BCUT2D eigenvalue weighted by Gasteiger charge is -1.97. The van der Waals surface area contributed by atoms with Crippen LogP contribution in [0.5, 0.6) is 0 Å². The third-order valence-electron chi connectivity index (χ3n) is 2.64. The number of hydrogen-bond acceptors (Lipinski definition) is 2. The molecular weight excluding hydrogens is 221 g/mol. The Bertz CT molecular complexity index is 543. The van der Waals surface area contributed by atoms with Crippen LogP contribution in [-0.2, 0) is 13.7 Å². The number of rotatable bonds is 3. The SMILES string of the molecule is Cn1cc(C(=O)c2ccc(F)cc2)cc1CO. The van der Waals surface area contributed by atoms with E-state index in [2.05, 4.69) is 0 Å². The van der Waals surface area contributed by atoms with E-state index >= 15 is 0 Å². The first-order chi connectivity index (χ1) is 8.11. The summed E-state index contributed by atoms with van der Waals surface area (Å²) in [4.78, 5) is 12.0. The Kier molecular flexibility index (Phi) is 3.06. The van der Waals surface area contributed by atoms with Crippen molar-refractivity contribution in [1.29, 1.82) is 0 Å². The highest BCUT2D eigenvalue weighted by Crippen LogP contribution is 2.13. The Morgan fingerprint density at radius 1 is 1.29 bits per heavy atom. The number of carbonyl (C=O) groups is 1. The van der Waals surface area contributed by atoms with E-state index in [9.17, 15) is 9.18 Å². The first kappa shape index (κ1) is 11.5. The van der Waals surface area contributed by atoms with Crippen LogP contribution in [0.3, 0.4) is 0 Å². The van der Waals surface area contributed by atoms with Gasteiger partial charge in [0.1, 0.15) is 5.82 Å². The van der Waals surface area contributed by atoms with Crippen molar-refractivity contribution in [2.24, 2.45) is 7.05 Å². The van der Waals surface area contributed by atoms with Gasteiger partial charge in [-0.3, -0.25) is 4.79 Å². The second-order valence-electron chi connectivity index (χ2n) is 3.83. The summed E-state index contributed by atoms with van der Waals surface area (Å²) in [6, 6.07) is 7.03. The average Bonchev–Trinajstić information content (AvgIpc) is 2.70. The summed E-state index contributed by atoms with van der Waals surface area (Å²) >= 11 is 0. The van der Waals surface area contributed by atoms with Crippen LogP contribution in [0.4, 0.5) is 4.39 Å². The molecule has 0 saturated carbocycles. The van der Waals surface area contributed by atoms with Gasteiger partial charge in [-0.25, -0.2) is 4.39 Å². The van der Waals surface area contributed by atoms with Crippen LogP contribution in [0.25, 0.3) is 0 Å². The highest BCUT2D eigenvalue weighted by Gasteiger charge is 2.12. The quantitative estimate of drug-likeness (QED) is 0.822. The molecular formula is C13H12FNO2. The summed E-state index contributed by atoms with van der Waals surface area (Å²) in [6.07, 6.45) is 1.65. The van der Waals surface area contributed by atoms with Gasteiger partial charge in [0.25, 0.3) is 0 Å². The Labute approximate surface area is 98.1 Å². The van der Waals surface area contributed by atoms with Gasteiger partial charge in [0.2, 0.25) is 0 Å². The molecule has 0 aliphatic rings. The second-order valence-corrected chi connectivity index (χ2v) is 3.83. The number of aliphatic hydroxyl groups excluding tert-OH is 1. The molecule has 2 rings (SSSR count). The molecule has 2 aromatic rings. The van der Waals surface area contributed by atoms with Crippen LogP contribution in [0.2, 0.25) is 0 Å². The topological polar surface area (TPSA) is 42.2 Å². The predicted molar refractivity (Wildman–Crippen MR) is 61.2 cm³/mol. The van der Waals surface area contributed by atoms with Crippen molar-refractivity contribution in [3.8, 4) is 0 Å². The van der Waals surface area contributed by atoms with Crippen LogP contribution < -0.4 is 0 Å². The van der Waals surface area contributed by atoms with Crippen molar-refractivity contribution >= 4 is 5.78 Å². The van der Waals surface area contributed by atoms with Crippen LogP contribution in [-0.4, -0.2) is 15.5 Å². The fraction of sp³-hybridized carbons (Fsp3) is 0.154. The monoisotopic (exact) mass is 233 g/mol. The van der Waals surface area contributed by atoms with Gasteiger partial charge < -0.3 is 9.67 Å². The lowest BCUT2D eigenvalue weighted by Crippen LogP contribution is -1.99. The molecule has 0 aliphatic carbocycles. The molecule has 0 amide bonds. The molecule has 3 nitrogen and oxygen atoms in total. The smallest absolute Gasteiger partial charge is 0.194 e. The molecule has 17 heavy (non-hydrogen) atoms. The summed E-state index contributed by atoms with van der Waals surface area (Å²) in [5, 5.41) is 9.04. The largest absolute Gasteiger partial charge is 0.390 e. The molecule has 0 unspecified atom stereocenters. The van der Waals surface area contributed by atoms with E-state index in [0.29, 0.717) is 16.8 Å². The van der Waals surface area contributed by atoms with E-state index in [1.807, 2.05) is 0 Å². The molecule has 4 heteroatoms.